The van der Waals surface area contributed by atoms with Gasteiger partial charge in [0.25, 0.3) is 0 Å². The second-order valence-corrected chi connectivity index (χ2v) is 6.76. The molecule has 23 heavy (non-hydrogen) atoms. The third-order valence-corrected chi connectivity index (χ3v) is 3.59. The van der Waals surface area contributed by atoms with Crippen LogP contribution in [-0.4, -0.2) is 35.8 Å². The summed E-state index contributed by atoms with van der Waals surface area (Å²) in [6.07, 6.45) is -0.0335. The molecule has 8 heteroatoms. The first-order valence-electron chi connectivity index (χ1n) is 7.00. The summed E-state index contributed by atoms with van der Waals surface area (Å²) in [5.41, 5.74) is -0.439. The summed E-state index contributed by atoms with van der Waals surface area (Å²) >= 11 is 3.13. The molecule has 0 spiro atoms. The third-order valence-electron chi connectivity index (χ3n) is 2.35. The Labute approximate surface area is 153 Å². The number of hydrogen-bond donors (Lipinski definition) is 0. The van der Waals surface area contributed by atoms with Gasteiger partial charge in [-0.2, -0.15) is 0 Å². The number of rotatable bonds is 5. The molecule has 0 atom stereocenters. The minimum atomic E-state index is -0.620. The Balaban J connectivity index is 2.96. The van der Waals surface area contributed by atoms with Crippen molar-refractivity contribution < 1.29 is 19.1 Å². The molecule has 0 bridgehead atoms. The Hall–Kier alpha value is -1.34. The van der Waals surface area contributed by atoms with Crippen molar-refractivity contribution in [2.45, 2.75) is 39.7 Å². The highest BCUT2D eigenvalue weighted by molar-refractivity contribution is 14.1. The lowest BCUT2D eigenvalue weighted by atomic mass is 10.2. The topological polar surface area (TPSA) is 68.7 Å². The van der Waals surface area contributed by atoms with E-state index in [1.165, 1.54) is 16.2 Å². The number of thiazole rings is 1. The second kappa shape index (κ2) is 9.08. The molecule has 0 aromatic carbocycles. The number of carbonyl (C=O) groups is 2. The molecule has 0 aliphatic rings. The van der Waals surface area contributed by atoms with Crippen LogP contribution in [0.3, 0.4) is 0 Å². The number of aromatic nitrogens is 1. The number of ether oxygens (including phenoxy) is 2. The van der Waals surface area contributed by atoms with E-state index < -0.39 is 17.7 Å². The molecule has 1 rings (SSSR count). The van der Waals surface area contributed by atoms with Gasteiger partial charge in [0.2, 0.25) is 0 Å². The molecule has 1 aromatic rings. The van der Waals surface area contributed by atoms with E-state index in [-0.39, 0.29) is 12.3 Å². The van der Waals surface area contributed by atoms with Crippen LogP contribution >= 0.6 is 33.9 Å². The number of hydrogen-bond acceptors (Lipinski definition) is 6. The van der Waals surface area contributed by atoms with Crippen molar-refractivity contribution in [3.63, 3.8) is 0 Å². The maximum Gasteiger partial charge on any atom is 0.416 e. The van der Waals surface area contributed by atoms with Crippen molar-refractivity contribution in [2.24, 2.45) is 0 Å². The van der Waals surface area contributed by atoms with Gasteiger partial charge in [-0.3, -0.25) is 4.90 Å². The molecule has 126 valence electrons. The Morgan fingerprint density at radius 1 is 1.43 bits per heavy atom. The fraction of sp³-hybridized carbons (Fsp3) is 0.533. The summed E-state index contributed by atoms with van der Waals surface area (Å²) in [6.45, 7) is 7.70. The van der Waals surface area contributed by atoms with Crippen LogP contribution in [0.4, 0.5) is 9.93 Å². The SMILES string of the molecule is CCOC(=O)c1csc(N(CCC#CI)C(=O)OC(C)(C)C)n1. The Morgan fingerprint density at radius 3 is 2.70 bits per heavy atom. The van der Waals surface area contributed by atoms with Crippen LogP contribution in [0.25, 0.3) is 0 Å². The summed E-state index contributed by atoms with van der Waals surface area (Å²) in [6, 6.07) is 0. The number of nitrogens with zero attached hydrogens (tertiary/aromatic N) is 2. The van der Waals surface area contributed by atoms with Gasteiger partial charge in [-0.05, 0) is 31.6 Å². The molecule has 0 N–H and O–H groups in total. The molecule has 1 amide bonds. The van der Waals surface area contributed by atoms with Crippen LogP contribution in [0.5, 0.6) is 0 Å². The zero-order chi connectivity index (χ0) is 17.5. The van der Waals surface area contributed by atoms with E-state index >= 15 is 0 Å². The molecule has 0 aliphatic heterocycles. The summed E-state index contributed by atoms with van der Waals surface area (Å²) in [7, 11) is 0. The fourth-order valence-corrected chi connectivity index (χ4v) is 2.56. The van der Waals surface area contributed by atoms with Gasteiger partial charge in [0.15, 0.2) is 10.8 Å². The van der Waals surface area contributed by atoms with Crippen molar-refractivity contribution in [2.75, 3.05) is 18.1 Å². The number of amides is 1. The first-order valence-corrected chi connectivity index (χ1v) is 8.96. The standard InChI is InChI=1S/C15H19IN2O4S/c1-5-21-12(19)11-10-23-13(17-11)18(9-7-6-8-16)14(20)22-15(2,3)4/h10H,5,7,9H2,1-4H3. The van der Waals surface area contributed by atoms with Crippen molar-refractivity contribution in [3.8, 4) is 9.85 Å². The van der Waals surface area contributed by atoms with Crippen molar-refractivity contribution in [1.82, 2.24) is 4.98 Å². The minimum absolute atomic E-state index is 0.181. The molecule has 0 saturated heterocycles. The molecule has 6 nitrogen and oxygen atoms in total. The molecule has 0 radical (unpaired) electrons. The quantitative estimate of drug-likeness (QED) is 0.387. The third kappa shape index (κ3) is 6.74. The van der Waals surface area contributed by atoms with E-state index in [1.807, 2.05) is 22.6 Å². The van der Waals surface area contributed by atoms with Gasteiger partial charge in [0.1, 0.15) is 5.60 Å². The minimum Gasteiger partial charge on any atom is -0.461 e. The van der Waals surface area contributed by atoms with E-state index in [0.717, 1.165) is 0 Å². The lowest BCUT2D eigenvalue weighted by molar-refractivity contribution is 0.0516. The monoisotopic (exact) mass is 450 g/mol. The maximum atomic E-state index is 12.4. The van der Waals surface area contributed by atoms with Crippen LogP contribution in [-0.2, 0) is 9.47 Å². The number of carbonyl (C=O) groups excluding carboxylic acids is 2. The Morgan fingerprint density at radius 2 is 2.13 bits per heavy atom. The van der Waals surface area contributed by atoms with E-state index in [9.17, 15) is 9.59 Å². The van der Waals surface area contributed by atoms with Crippen LogP contribution in [0.1, 0.15) is 44.6 Å². The lowest BCUT2D eigenvalue weighted by Gasteiger charge is -2.25. The van der Waals surface area contributed by atoms with E-state index in [4.69, 9.17) is 9.47 Å². The average Bonchev–Trinajstić information content (AvgIpc) is 2.91. The summed E-state index contributed by atoms with van der Waals surface area (Å²) in [4.78, 5) is 29.6. The normalized spacial score (nSPS) is 10.5. The number of esters is 1. The first kappa shape index (κ1) is 19.7. The van der Waals surface area contributed by atoms with Crippen LogP contribution in [0.2, 0.25) is 0 Å². The lowest BCUT2D eigenvalue weighted by Crippen LogP contribution is -2.37. The predicted octanol–water partition coefficient (Wildman–Crippen LogP) is 3.85. The van der Waals surface area contributed by atoms with Gasteiger partial charge in [0, 0.05) is 40.9 Å². The number of halogens is 1. The Bertz CT molecular complexity index is 613. The molecular weight excluding hydrogens is 431 g/mol. The molecule has 0 saturated carbocycles. The van der Waals surface area contributed by atoms with Gasteiger partial charge < -0.3 is 9.47 Å². The van der Waals surface area contributed by atoms with Gasteiger partial charge in [-0.1, -0.05) is 5.92 Å². The molecule has 0 fully saturated rings. The summed E-state index contributed by atoms with van der Waals surface area (Å²) < 4.78 is 13.0. The first-order chi connectivity index (χ1) is 10.8. The summed E-state index contributed by atoms with van der Waals surface area (Å²) in [5.74, 6) is 2.38. The highest BCUT2D eigenvalue weighted by Gasteiger charge is 2.26. The van der Waals surface area contributed by atoms with Gasteiger partial charge >= 0.3 is 12.1 Å². The molecule has 1 heterocycles. The van der Waals surface area contributed by atoms with Crippen LogP contribution in [0.15, 0.2) is 5.38 Å². The highest BCUT2D eigenvalue weighted by atomic mass is 127. The molecule has 1 aromatic heterocycles. The number of anilines is 1. The average molecular weight is 450 g/mol. The molecule has 0 unspecified atom stereocenters. The maximum absolute atomic E-state index is 12.4. The largest absolute Gasteiger partial charge is 0.461 e. The molecular formula is C15H19IN2O4S. The van der Waals surface area contributed by atoms with Crippen LogP contribution < -0.4 is 4.90 Å². The van der Waals surface area contributed by atoms with E-state index in [2.05, 4.69) is 14.8 Å². The fourth-order valence-electron chi connectivity index (χ4n) is 1.48. The van der Waals surface area contributed by atoms with Gasteiger partial charge in [-0.15, -0.1) is 11.3 Å². The highest BCUT2D eigenvalue weighted by Crippen LogP contribution is 2.23. The second-order valence-electron chi connectivity index (χ2n) is 5.39. The zero-order valence-electron chi connectivity index (χ0n) is 13.5. The van der Waals surface area contributed by atoms with Crippen LogP contribution in [0, 0.1) is 9.85 Å². The predicted molar refractivity (Wildman–Crippen MR) is 98.1 cm³/mol. The van der Waals surface area contributed by atoms with Gasteiger partial charge in [0.05, 0.1) is 6.61 Å². The van der Waals surface area contributed by atoms with Crippen molar-refractivity contribution in [1.29, 1.82) is 0 Å². The Kier molecular flexibility index (Phi) is 7.78. The zero-order valence-corrected chi connectivity index (χ0v) is 16.5. The van der Waals surface area contributed by atoms with Gasteiger partial charge in [-0.25, -0.2) is 14.6 Å². The smallest absolute Gasteiger partial charge is 0.416 e. The van der Waals surface area contributed by atoms with Crippen molar-refractivity contribution in [3.05, 3.63) is 11.1 Å². The van der Waals surface area contributed by atoms with E-state index in [0.29, 0.717) is 18.1 Å². The summed E-state index contributed by atoms with van der Waals surface area (Å²) in [5, 5.41) is 1.95. The van der Waals surface area contributed by atoms with Crippen molar-refractivity contribution >= 4 is 51.1 Å². The molecule has 0 aliphatic carbocycles. The van der Waals surface area contributed by atoms with E-state index in [1.54, 1.807) is 33.1 Å².